The minimum atomic E-state index is -5.09. The Morgan fingerprint density at radius 2 is 1.76 bits per heavy atom. The van der Waals surface area contributed by atoms with Crippen molar-refractivity contribution in [3.05, 3.63) is 24.3 Å². The summed E-state index contributed by atoms with van der Waals surface area (Å²) >= 11 is 0. The molecule has 0 amide bonds. The maximum absolute atomic E-state index is 12.5. The molecule has 0 saturated heterocycles. The fourth-order valence-corrected chi connectivity index (χ4v) is 2.30. The summed E-state index contributed by atoms with van der Waals surface area (Å²) in [5.74, 6) is -0.219. The van der Waals surface area contributed by atoms with Gasteiger partial charge in [0.05, 0.1) is 10.5 Å². The van der Waals surface area contributed by atoms with E-state index in [0.717, 1.165) is 12.1 Å². The minimum Gasteiger partial charge on any atom is -0.493 e. The van der Waals surface area contributed by atoms with Gasteiger partial charge >= 0.3 is 58.4 Å². The van der Waals surface area contributed by atoms with Crippen molar-refractivity contribution in [2.24, 2.45) is 0 Å². The quantitative estimate of drug-likeness (QED) is 0.664. The second kappa shape index (κ2) is 7.83. The molecule has 0 aliphatic rings. The number of rotatable bonds is 5. The van der Waals surface area contributed by atoms with Crippen molar-refractivity contribution in [1.82, 2.24) is 0 Å². The SMILES string of the molecule is CC(C)(C)S(=O)(=O)CCOc1cccc([B-](F)(F)F)c1.[K+]. The largest absolute Gasteiger partial charge is 1.00 e. The fourth-order valence-electron chi connectivity index (χ4n) is 1.38. The molecule has 0 atom stereocenters. The molecule has 9 heteroatoms. The van der Waals surface area contributed by atoms with Crippen molar-refractivity contribution in [2.45, 2.75) is 25.5 Å². The van der Waals surface area contributed by atoms with Crippen LogP contribution in [0.1, 0.15) is 20.8 Å². The Bertz CT molecular complexity index is 568. The molecular formula is C12H17BF3KO3S. The van der Waals surface area contributed by atoms with Crippen LogP contribution in [-0.4, -0.2) is 32.5 Å². The number of benzene rings is 1. The summed E-state index contributed by atoms with van der Waals surface area (Å²) in [4.78, 5) is 0. The molecule has 0 unspecified atom stereocenters. The van der Waals surface area contributed by atoms with Crippen LogP contribution in [0.3, 0.4) is 0 Å². The Morgan fingerprint density at radius 3 is 2.24 bits per heavy atom. The summed E-state index contributed by atoms with van der Waals surface area (Å²) in [6.07, 6.45) is 0. The molecule has 114 valence electrons. The Labute approximate surface area is 166 Å². The average molecular weight is 348 g/mol. The van der Waals surface area contributed by atoms with Crippen LogP contribution in [0.25, 0.3) is 0 Å². The molecule has 0 saturated carbocycles. The molecule has 0 bridgehead atoms. The van der Waals surface area contributed by atoms with E-state index >= 15 is 0 Å². The molecule has 0 heterocycles. The van der Waals surface area contributed by atoms with Crippen LogP contribution >= 0.6 is 0 Å². The van der Waals surface area contributed by atoms with Gasteiger partial charge in [-0.15, -0.1) is 5.46 Å². The van der Waals surface area contributed by atoms with Gasteiger partial charge in [0.25, 0.3) is 0 Å². The van der Waals surface area contributed by atoms with Crippen LogP contribution in [0, 0.1) is 0 Å². The molecular weight excluding hydrogens is 331 g/mol. The van der Waals surface area contributed by atoms with Gasteiger partial charge in [0.15, 0.2) is 9.84 Å². The van der Waals surface area contributed by atoms with Crippen LogP contribution in [0.15, 0.2) is 24.3 Å². The van der Waals surface area contributed by atoms with E-state index in [-0.39, 0.29) is 69.5 Å². The first-order chi connectivity index (χ1) is 8.93. The van der Waals surface area contributed by atoms with E-state index in [1.165, 1.54) is 12.1 Å². The predicted octanol–water partition coefficient (Wildman–Crippen LogP) is -0.663. The summed E-state index contributed by atoms with van der Waals surface area (Å²) in [5, 5.41) is 0. The number of hydrogen-bond acceptors (Lipinski definition) is 3. The molecule has 0 aromatic heterocycles. The van der Waals surface area contributed by atoms with Gasteiger partial charge in [0, 0.05) is 0 Å². The zero-order chi connectivity index (χ0) is 15.6. The molecule has 1 rings (SSSR count). The third-order valence-corrected chi connectivity index (χ3v) is 5.36. The molecule has 3 nitrogen and oxygen atoms in total. The molecule has 0 aliphatic heterocycles. The van der Waals surface area contributed by atoms with Crippen LogP contribution in [0.2, 0.25) is 0 Å². The number of sulfone groups is 1. The second-order valence-electron chi connectivity index (χ2n) is 5.43. The van der Waals surface area contributed by atoms with E-state index in [9.17, 15) is 21.4 Å². The fraction of sp³-hybridized carbons (Fsp3) is 0.500. The van der Waals surface area contributed by atoms with Gasteiger partial charge in [0.1, 0.15) is 12.4 Å². The number of halogens is 3. The predicted molar refractivity (Wildman–Crippen MR) is 74.2 cm³/mol. The van der Waals surface area contributed by atoms with Crippen molar-refractivity contribution < 1.29 is 77.5 Å². The zero-order valence-electron chi connectivity index (χ0n) is 12.6. The standard InChI is InChI=1S/C12H17BF3O3S.K/c1-12(2,3)20(17,18)8-7-19-11-6-4-5-10(9-11)13(14,15)16;/h4-6,9H,7-8H2,1-3H3;/q-1;+1. The smallest absolute Gasteiger partial charge is 0.493 e. The van der Waals surface area contributed by atoms with Gasteiger partial charge in [0.2, 0.25) is 0 Å². The summed E-state index contributed by atoms with van der Waals surface area (Å²) in [6, 6.07) is 4.44. The molecule has 1 aromatic rings. The summed E-state index contributed by atoms with van der Waals surface area (Å²) in [5.41, 5.74) is -0.763. The molecule has 0 N–H and O–H groups in total. The summed E-state index contributed by atoms with van der Waals surface area (Å²) < 4.78 is 65.5. The van der Waals surface area contributed by atoms with Gasteiger partial charge in [-0.2, -0.15) is 0 Å². The Kier molecular flexibility index (Phi) is 8.00. The van der Waals surface area contributed by atoms with Crippen molar-refractivity contribution in [2.75, 3.05) is 12.4 Å². The molecule has 0 radical (unpaired) electrons. The average Bonchev–Trinajstić information content (AvgIpc) is 2.26. The van der Waals surface area contributed by atoms with E-state index in [0.29, 0.717) is 0 Å². The summed E-state index contributed by atoms with van der Waals surface area (Å²) in [6.45, 7) is -0.566. The third-order valence-electron chi connectivity index (χ3n) is 2.79. The van der Waals surface area contributed by atoms with Gasteiger partial charge in [-0.25, -0.2) is 8.42 Å². The van der Waals surface area contributed by atoms with E-state index < -0.39 is 27.0 Å². The van der Waals surface area contributed by atoms with Crippen molar-refractivity contribution in [3.8, 4) is 5.75 Å². The van der Waals surface area contributed by atoms with E-state index in [1.807, 2.05) is 0 Å². The summed E-state index contributed by atoms with van der Waals surface area (Å²) in [7, 11) is -3.35. The maximum atomic E-state index is 12.5. The van der Waals surface area contributed by atoms with Gasteiger partial charge < -0.3 is 17.7 Å². The van der Waals surface area contributed by atoms with E-state index in [2.05, 4.69) is 0 Å². The van der Waals surface area contributed by atoms with E-state index in [4.69, 9.17) is 4.74 Å². The number of ether oxygens (including phenoxy) is 1. The van der Waals surface area contributed by atoms with Gasteiger partial charge in [-0.3, -0.25) is 0 Å². The second-order valence-corrected chi connectivity index (χ2v) is 8.29. The molecule has 0 aliphatic carbocycles. The maximum Gasteiger partial charge on any atom is 1.00 e. The third kappa shape index (κ3) is 6.62. The van der Waals surface area contributed by atoms with Gasteiger partial charge in [-0.1, -0.05) is 12.1 Å². The first-order valence-corrected chi connectivity index (χ1v) is 7.74. The van der Waals surface area contributed by atoms with Crippen LogP contribution < -0.4 is 61.6 Å². The van der Waals surface area contributed by atoms with Crippen molar-refractivity contribution >= 4 is 22.3 Å². The monoisotopic (exact) mass is 348 g/mol. The minimum absolute atomic E-state index is 0. The molecule has 1 aromatic carbocycles. The Morgan fingerprint density at radius 1 is 1.19 bits per heavy atom. The topological polar surface area (TPSA) is 43.4 Å². The number of hydrogen-bond donors (Lipinski definition) is 0. The first kappa shape index (κ1) is 21.5. The van der Waals surface area contributed by atoms with E-state index in [1.54, 1.807) is 20.8 Å². The van der Waals surface area contributed by atoms with Gasteiger partial charge in [-0.05, 0) is 32.9 Å². The zero-order valence-corrected chi connectivity index (χ0v) is 16.5. The molecule has 0 spiro atoms. The first-order valence-electron chi connectivity index (χ1n) is 6.08. The molecule has 0 fully saturated rings. The van der Waals surface area contributed by atoms with Crippen molar-refractivity contribution in [1.29, 1.82) is 0 Å². The Balaban J connectivity index is 0.00000400. The van der Waals surface area contributed by atoms with Crippen LogP contribution in [0.5, 0.6) is 5.75 Å². The van der Waals surface area contributed by atoms with Crippen molar-refractivity contribution in [3.63, 3.8) is 0 Å². The normalized spacial score (nSPS) is 12.7. The Hall–Kier alpha value is 0.461. The molecule has 21 heavy (non-hydrogen) atoms. The van der Waals surface area contributed by atoms with Crippen LogP contribution in [-0.2, 0) is 9.84 Å². The van der Waals surface area contributed by atoms with Crippen LogP contribution in [0.4, 0.5) is 12.9 Å².